The van der Waals surface area contributed by atoms with E-state index in [1.807, 2.05) is 18.2 Å². The minimum atomic E-state index is -0.415. The first kappa shape index (κ1) is 14.6. The Morgan fingerprint density at radius 1 is 1.39 bits per heavy atom. The Morgan fingerprint density at radius 2 is 2.22 bits per heavy atom. The molecule has 2 aliphatic rings. The second-order valence-electron chi connectivity index (χ2n) is 6.13. The van der Waals surface area contributed by atoms with Crippen LogP contribution in [-0.4, -0.2) is 46.4 Å². The Morgan fingerprint density at radius 3 is 3.04 bits per heavy atom. The molecule has 4 rings (SSSR count). The molecule has 120 valence electrons. The number of para-hydroxylation sites is 1. The molecule has 0 bridgehead atoms. The summed E-state index contributed by atoms with van der Waals surface area (Å²) in [5.41, 5.74) is 1.02. The molecule has 0 aliphatic carbocycles. The van der Waals surface area contributed by atoms with E-state index < -0.39 is 6.04 Å². The van der Waals surface area contributed by atoms with Gasteiger partial charge in [-0.15, -0.1) is 11.3 Å². The molecule has 7 heteroatoms. The molecule has 0 spiro atoms. The molecule has 3 heterocycles. The van der Waals surface area contributed by atoms with Crippen molar-refractivity contribution >= 4 is 33.4 Å². The number of piperazine rings is 1. The lowest BCUT2D eigenvalue weighted by Gasteiger charge is -2.32. The first-order valence-corrected chi connectivity index (χ1v) is 8.62. The molecule has 2 aromatic rings. The molecule has 2 N–H and O–H groups in total. The van der Waals surface area contributed by atoms with Crippen LogP contribution in [0.5, 0.6) is 0 Å². The van der Waals surface area contributed by atoms with Crippen molar-refractivity contribution in [1.29, 1.82) is 0 Å². The standard InChI is InChI=1S/C16H18N4O2S/c1-9-16(22)20-8-10(6-12(20)15(21)18-9)17-7-14-19-11-4-2-3-5-13(11)23-14/h2-5,9-10,12,17H,6-8H2,1H3,(H,18,21)/t9-,10+,12+/m1/s1. The van der Waals surface area contributed by atoms with Crippen molar-refractivity contribution in [2.24, 2.45) is 0 Å². The van der Waals surface area contributed by atoms with Crippen LogP contribution in [0.1, 0.15) is 18.4 Å². The van der Waals surface area contributed by atoms with Gasteiger partial charge in [-0.25, -0.2) is 4.98 Å². The molecule has 2 saturated heterocycles. The molecule has 2 aliphatic heterocycles. The van der Waals surface area contributed by atoms with E-state index in [9.17, 15) is 9.59 Å². The van der Waals surface area contributed by atoms with Crippen molar-refractivity contribution < 1.29 is 9.59 Å². The molecule has 0 saturated carbocycles. The number of carbonyl (C=O) groups excluding carboxylic acids is 2. The number of nitrogens with one attached hydrogen (secondary N) is 2. The summed E-state index contributed by atoms with van der Waals surface area (Å²) in [6.45, 7) is 2.99. The van der Waals surface area contributed by atoms with Gasteiger partial charge in [0.05, 0.1) is 10.2 Å². The highest BCUT2D eigenvalue weighted by Crippen LogP contribution is 2.24. The van der Waals surface area contributed by atoms with Crippen LogP contribution in [-0.2, 0) is 16.1 Å². The summed E-state index contributed by atoms with van der Waals surface area (Å²) in [7, 11) is 0. The summed E-state index contributed by atoms with van der Waals surface area (Å²) in [5.74, 6) is -0.0275. The van der Waals surface area contributed by atoms with E-state index in [1.165, 1.54) is 4.70 Å². The second kappa shape index (κ2) is 5.58. The van der Waals surface area contributed by atoms with Gasteiger partial charge in [0.2, 0.25) is 11.8 Å². The Bertz CT molecular complexity index is 741. The van der Waals surface area contributed by atoms with Crippen LogP contribution in [0.2, 0.25) is 0 Å². The van der Waals surface area contributed by atoms with Gasteiger partial charge in [0.25, 0.3) is 0 Å². The van der Waals surface area contributed by atoms with Crippen molar-refractivity contribution in [3.63, 3.8) is 0 Å². The zero-order valence-electron chi connectivity index (χ0n) is 12.8. The first-order chi connectivity index (χ1) is 11.1. The van der Waals surface area contributed by atoms with Gasteiger partial charge in [-0.2, -0.15) is 0 Å². The fourth-order valence-electron chi connectivity index (χ4n) is 3.32. The molecule has 0 unspecified atom stereocenters. The molecule has 23 heavy (non-hydrogen) atoms. The summed E-state index contributed by atoms with van der Waals surface area (Å²) in [4.78, 5) is 30.5. The van der Waals surface area contributed by atoms with E-state index >= 15 is 0 Å². The lowest BCUT2D eigenvalue weighted by Crippen LogP contribution is -2.60. The zero-order chi connectivity index (χ0) is 16.0. The highest BCUT2D eigenvalue weighted by atomic mass is 32.1. The molecule has 1 aromatic carbocycles. The van der Waals surface area contributed by atoms with Crippen molar-refractivity contribution in [3.8, 4) is 0 Å². The molecular formula is C16H18N4O2S. The largest absolute Gasteiger partial charge is 0.343 e. The third-order valence-electron chi connectivity index (χ3n) is 4.50. The second-order valence-corrected chi connectivity index (χ2v) is 7.24. The molecular weight excluding hydrogens is 312 g/mol. The van der Waals surface area contributed by atoms with Crippen LogP contribution in [0.3, 0.4) is 0 Å². The molecule has 2 amide bonds. The summed E-state index contributed by atoms with van der Waals surface area (Å²) in [5, 5.41) is 7.22. The smallest absolute Gasteiger partial charge is 0.245 e. The van der Waals surface area contributed by atoms with Crippen LogP contribution in [0.15, 0.2) is 24.3 Å². The molecule has 3 atom stereocenters. The van der Waals surface area contributed by atoms with Crippen LogP contribution in [0, 0.1) is 0 Å². The molecule has 0 radical (unpaired) electrons. The van der Waals surface area contributed by atoms with E-state index in [1.54, 1.807) is 23.2 Å². The Balaban J connectivity index is 1.42. The molecule has 2 fully saturated rings. The Labute approximate surface area is 137 Å². The third kappa shape index (κ3) is 2.60. The summed E-state index contributed by atoms with van der Waals surface area (Å²) in [6, 6.07) is 7.46. The number of benzene rings is 1. The lowest BCUT2D eigenvalue weighted by atomic mass is 10.1. The van der Waals surface area contributed by atoms with E-state index in [-0.39, 0.29) is 23.9 Å². The van der Waals surface area contributed by atoms with E-state index in [2.05, 4.69) is 21.7 Å². The predicted molar refractivity (Wildman–Crippen MR) is 88.0 cm³/mol. The fourth-order valence-corrected chi connectivity index (χ4v) is 4.24. The van der Waals surface area contributed by atoms with Crippen LogP contribution in [0.4, 0.5) is 0 Å². The minimum Gasteiger partial charge on any atom is -0.343 e. The maximum atomic E-state index is 12.2. The first-order valence-electron chi connectivity index (χ1n) is 7.80. The molecule has 6 nitrogen and oxygen atoms in total. The quantitative estimate of drug-likeness (QED) is 0.876. The zero-order valence-corrected chi connectivity index (χ0v) is 13.6. The van der Waals surface area contributed by atoms with Crippen molar-refractivity contribution in [2.75, 3.05) is 6.54 Å². The summed E-state index contributed by atoms with van der Waals surface area (Å²) < 4.78 is 1.18. The van der Waals surface area contributed by atoms with Crippen LogP contribution in [0.25, 0.3) is 10.2 Å². The average Bonchev–Trinajstić information content (AvgIpc) is 3.14. The van der Waals surface area contributed by atoms with Gasteiger partial charge < -0.3 is 15.5 Å². The minimum absolute atomic E-state index is 0.0129. The topological polar surface area (TPSA) is 74.3 Å². The van der Waals surface area contributed by atoms with Gasteiger partial charge in [0.15, 0.2) is 0 Å². The van der Waals surface area contributed by atoms with E-state index in [0.29, 0.717) is 19.5 Å². The van der Waals surface area contributed by atoms with Gasteiger partial charge >= 0.3 is 0 Å². The number of hydrogen-bond donors (Lipinski definition) is 2. The number of amides is 2. The Kier molecular flexibility index (Phi) is 3.54. The van der Waals surface area contributed by atoms with E-state index in [0.717, 1.165) is 10.5 Å². The van der Waals surface area contributed by atoms with Crippen LogP contribution < -0.4 is 10.6 Å². The van der Waals surface area contributed by atoms with Gasteiger partial charge in [-0.05, 0) is 25.5 Å². The number of thiazole rings is 1. The van der Waals surface area contributed by atoms with E-state index in [4.69, 9.17) is 0 Å². The van der Waals surface area contributed by atoms with Crippen molar-refractivity contribution in [1.82, 2.24) is 20.5 Å². The maximum Gasteiger partial charge on any atom is 0.245 e. The van der Waals surface area contributed by atoms with Crippen molar-refractivity contribution in [2.45, 2.75) is 38.0 Å². The third-order valence-corrected chi connectivity index (χ3v) is 5.53. The normalized spacial score (nSPS) is 27.3. The number of hydrogen-bond acceptors (Lipinski definition) is 5. The van der Waals surface area contributed by atoms with Gasteiger partial charge in [-0.3, -0.25) is 9.59 Å². The fraction of sp³-hybridized carbons (Fsp3) is 0.438. The summed E-state index contributed by atoms with van der Waals surface area (Å²) in [6.07, 6.45) is 0.662. The maximum absolute atomic E-state index is 12.2. The SMILES string of the molecule is C[C@H]1NC(=O)[C@@H]2C[C@H](NCc3nc4ccccc4s3)CN2C1=O. The Hall–Kier alpha value is -1.99. The predicted octanol–water partition coefficient (Wildman–Crippen LogP) is 0.874. The summed E-state index contributed by atoms with van der Waals surface area (Å²) >= 11 is 1.67. The number of fused-ring (bicyclic) bond motifs is 2. The van der Waals surface area contributed by atoms with Gasteiger partial charge in [-0.1, -0.05) is 12.1 Å². The monoisotopic (exact) mass is 330 g/mol. The number of nitrogens with zero attached hydrogens (tertiary/aromatic N) is 2. The number of carbonyl (C=O) groups is 2. The van der Waals surface area contributed by atoms with Gasteiger partial charge in [0, 0.05) is 19.1 Å². The van der Waals surface area contributed by atoms with Gasteiger partial charge in [0.1, 0.15) is 17.1 Å². The average molecular weight is 330 g/mol. The highest BCUT2D eigenvalue weighted by Gasteiger charge is 2.44. The number of aromatic nitrogens is 1. The highest BCUT2D eigenvalue weighted by molar-refractivity contribution is 7.18. The lowest BCUT2D eigenvalue weighted by molar-refractivity contribution is -0.146. The van der Waals surface area contributed by atoms with Crippen LogP contribution >= 0.6 is 11.3 Å². The number of rotatable bonds is 3. The van der Waals surface area contributed by atoms with Crippen molar-refractivity contribution in [3.05, 3.63) is 29.3 Å². The molecule has 1 aromatic heterocycles.